The van der Waals surface area contributed by atoms with E-state index >= 15 is 0 Å². The zero-order valence-electron chi connectivity index (χ0n) is 10.9. The minimum Gasteiger partial charge on any atom is -0.289 e. The van der Waals surface area contributed by atoms with Gasteiger partial charge in [0.05, 0.1) is 0 Å². The first-order valence-electron chi connectivity index (χ1n) is 6.26. The van der Waals surface area contributed by atoms with Gasteiger partial charge in [0, 0.05) is 5.56 Å². The number of rotatable bonds is 4. The van der Waals surface area contributed by atoms with Gasteiger partial charge < -0.3 is 0 Å². The summed E-state index contributed by atoms with van der Waals surface area (Å²) in [6, 6.07) is 19.3. The van der Waals surface area contributed by atoms with E-state index in [4.69, 9.17) is 0 Å². The van der Waals surface area contributed by atoms with Crippen LogP contribution in [0.25, 0.3) is 6.08 Å². The molecule has 1 heteroatoms. The van der Waals surface area contributed by atoms with Crippen molar-refractivity contribution in [3.05, 3.63) is 89.5 Å². The minimum atomic E-state index is 0.0378. The van der Waals surface area contributed by atoms with Gasteiger partial charge in [-0.15, -0.1) is 0 Å². The quantitative estimate of drug-likeness (QED) is 0.441. The van der Waals surface area contributed by atoms with E-state index in [1.54, 1.807) is 6.08 Å². The molecule has 2 rings (SSSR count). The Kier molecular flexibility index (Phi) is 4.46. The van der Waals surface area contributed by atoms with Crippen LogP contribution in [0.2, 0.25) is 0 Å². The summed E-state index contributed by atoms with van der Waals surface area (Å²) in [7, 11) is 0. The lowest BCUT2D eigenvalue weighted by Crippen LogP contribution is -1.94. The number of ketones is 1. The Morgan fingerprint density at radius 2 is 1.47 bits per heavy atom. The molecule has 0 aromatic heterocycles. The highest BCUT2D eigenvalue weighted by Crippen LogP contribution is 2.07. The molecule has 0 saturated heterocycles. The summed E-state index contributed by atoms with van der Waals surface area (Å²) in [5.74, 6) is 0.0378. The highest BCUT2D eigenvalue weighted by Gasteiger charge is 2.00. The van der Waals surface area contributed by atoms with E-state index in [-0.39, 0.29) is 5.78 Å². The van der Waals surface area contributed by atoms with Crippen LogP contribution in [0.15, 0.2) is 78.4 Å². The molecule has 0 atom stereocenters. The molecule has 0 aliphatic heterocycles. The van der Waals surface area contributed by atoms with Gasteiger partial charge in [-0.1, -0.05) is 72.8 Å². The van der Waals surface area contributed by atoms with Gasteiger partial charge in [0.25, 0.3) is 0 Å². The molecular formula is C18H16O. The van der Waals surface area contributed by atoms with Crippen molar-refractivity contribution in [2.45, 2.75) is 6.92 Å². The molecule has 0 N–H and O–H groups in total. The molecule has 94 valence electrons. The van der Waals surface area contributed by atoms with Gasteiger partial charge >= 0.3 is 0 Å². The fraction of sp³-hybridized carbons (Fsp3) is 0.0556. The summed E-state index contributed by atoms with van der Waals surface area (Å²) in [4.78, 5) is 12.0. The smallest absolute Gasteiger partial charge is 0.186 e. The Labute approximate surface area is 113 Å². The lowest BCUT2D eigenvalue weighted by Gasteiger charge is -1.96. The van der Waals surface area contributed by atoms with Gasteiger partial charge in [-0.2, -0.15) is 0 Å². The molecule has 0 radical (unpaired) electrons. The summed E-state index contributed by atoms with van der Waals surface area (Å²) in [6.07, 6.45) is 5.62. The van der Waals surface area contributed by atoms with Crippen LogP contribution in [0.4, 0.5) is 0 Å². The predicted molar refractivity (Wildman–Crippen MR) is 80.0 cm³/mol. The molecule has 0 bridgehead atoms. The summed E-state index contributed by atoms with van der Waals surface area (Å²) < 4.78 is 0. The van der Waals surface area contributed by atoms with Gasteiger partial charge in [-0.3, -0.25) is 4.79 Å². The van der Waals surface area contributed by atoms with Gasteiger partial charge in [0.15, 0.2) is 5.78 Å². The SMILES string of the molecule is CC(C=Cc1ccccc1)=CC(=O)c1ccccc1. The van der Waals surface area contributed by atoms with Crippen LogP contribution in [0, 0.1) is 0 Å². The normalized spacial score (nSPS) is 11.7. The molecular weight excluding hydrogens is 232 g/mol. The number of hydrogen-bond acceptors (Lipinski definition) is 1. The Bertz CT molecular complexity index is 592. The molecule has 2 aromatic rings. The number of hydrogen-bond donors (Lipinski definition) is 0. The van der Waals surface area contributed by atoms with E-state index in [0.29, 0.717) is 0 Å². The third kappa shape index (κ3) is 4.07. The fourth-order valence-electron chi connectivity index (χ4n) is 1.73. The van der Waals surface area contributed by atoms with E-state index < -0.39 is 0 Å². The number of carbonyl (C=O) groups is 1. The third-order valence-corrected chi connectivity index (χ3v) is 2.76. The lowest BCUT2D eigenvalue weighted by molar-refractivity contribution is 0.104. The van der Waals surface area contributed by atoms with Crippen LogP contribution in [0.5, 0.6) is 0 Å². The molecule has 0 unspecified atom stereocenters. The average molecular weight is 248 g/mol. The molecule has 2 aromatic carbocycles. The van der Waals surface area contributed by atoms with E-state index in [1.807, 2.05) is 79.7 Å². The Balaban J connectivity index is 2.08. The van der Waals surface area contributed by atoms with Crippen molar-refractivity contribution in [1.29, 1.82) is 0 Å². The van der Waals surface area contributed by atoms with Crippen LogP contribution in [-0.2, 0) is 0 Å². The van der Waals surface area contributed by atoms with Crippen LogP contribution in [-0.4, -0.2) is 5.78 Å². The molecule has 0 fully saturated rings. The summed E-state index contributed by atoms with van der Waals surface area (Å²) >= 11 is 0. The van der Waals surface area contributed by atoms with E-state index in [2.05, 4.69) is 0 Å². The molecule has 0 amide bonds. The van der Waals surface area contributed by atoms with Gasteiger partial charge in [0.2, 0.25) is 0 Å². The number of benzene rings is 2. The summed E-state index contributed by atoms with van der Waals surface area (Å²) in [5, 5.41) is 0. The molecule has 19 heavy (non-hydrogen) atoms. The first kappa shape index (κ1) is 13.0. The summed E-state index contributed by atoms with van der Waals surface area (Å²) in [5.41, 5.74) is 2.79. The third-order valence-electron chi connectivity index (χ3n) is 2.76. The molecule has 1 nitrogen and oxygen atoms in total. The van der Waals surface area contributed by atoms with Crippen LogP contribution in [0.1, 0.15) is 22.8 Å². The first-order valence-corrected chi connectivity index (χ1v) is 6.26. The second-order valence-electron chi connectivity index (χ2n) is 4.36. The van der Waals surface area contributed by atoms with Crippen LogP contribution in [0.3, 0.4) is 0 Å². The Morgan fingerprint density at radius 3 is 2.11 bits per heavy atom. The lowest BCUT2D eigenvalue weighted by atomic mass is 10.1. The molecule has 0 aliphatic rings. The predicted octanol–water partition coefficient (Wildman–Crippen LogP) is 4.53. The maximum Gasteiger partial charge on any atom is 0.186 e. The monoisotopic (exact) mass is 248 g/mol. The minimum absolute atomic E-state index is 0.0378. The van der Waals surface area contributed by atoms with E-state index in [1.165, 1.54) is 0 Å². The van der Waals surface area contributed by atoms with Crippen molar-refractivity contribution >= 4 is 11.9 Å². The van der Waals surface area contributed by atoms with Crippen molar-refractivity contribution in [1.82, 2.24) is 0 Å². The van der Waals surface area contributed by atoms with Crippen molar-refractivity contribution in [3.8, 4) is 0 Å². The standard InChI is InChI=1S/C18H16O/c1-15(12-13-16-8-4-2-5-9-16)14-18(19)17-10-6-3-7-11-17/h2-14H,1H3. The molecule has 0 saturated carbocycles. The van der Waals surface area contributed by atoms with Crippen molar-refractivity contribution in [2.24, 2.45) is 0 Å². The maximum atomic E-state index is 12.0. The average Bonchev–Trinajstić information content (AvgIpc) is 2.47. The van der Waals surface area contributed by atoms with Crippen LogP contribution >= 0.6 is 0 Å². The van der Waals surface area contributed by atoms with Crippen molar-refractivity contribution in [2.75, 3.05) is 0 Å². The van der Waals surface area contributed by atoms with Gasteiger partial charge in [-0.25, -0.2) is 0 Å². The largest absolute Gasteiger partial charge is 0.289 e. The molecule has 0 spiro atoms. The second-order valence-corrected chi connectivity index (χ2v) is 4.36. The molecule has 0 heterocycles. The van der Waals surface area contributed by atoms with Crippen molar-refractivity contribution in [3.63, 3.8) is 0 Å². The summed E-state index contributed by atoms with van der Waals surface area (Å²) in [6.45, 7) is 1.93. The Morgan fingerprint density at radius 1 is 0.895 bits per heavy atom. The zero-order chi connectivity index (χ0) is 13.5. The van der Waals surface area contributed by atoms with E-state index in [9.17, 15) is 4.79 Å². The highest BCUT2D eigenvalue weighted by atomic mass is 16.1. The van der Waals surface area contributed by atoms with Gasteiger partial charge in [0.1, 0.15) is 0 Å². The maximum absolute atomic E-state index is 12.0. The number of carbonyl (C=O) groups excluding carboxylic acids is 1. The van der Waals surface area contributed by atoms with Crippen molar-refractivity contribution < 1.29 is 4.79 Å². The van der Waals surface area contributed by atoms with Crippen LogP contribution < -0.4 is 0 Å². The topological polar surface area (TPSA) is 17.1 Å². The second kappa shape index (κ2) is 6.50. The Hall–Kier alpha value is -2.41. The van der Waals surface area contributed by atoms with E-state index in [0.717, 1.165) is 16.7 Å². The highest BCUT2D eigenvalue weighted by molar-refractivity contribution is 6.05. The van der Waals surface area contributed by atoms with Gasteiger partial charge in [-0.05, 0) is 24.1 Å². The number of allylic oxidation sites excluding steroid dienone is 3. The fourth-order valence-corrected chi connectivity index (χ4v) is 1.73. The first-order chi connectivity index (χ1) is 9.25. The zero-order valence-corrected chi connectivity index (χ0v) is 10.9. The molecule has 0 aliphatic carbocycles.